The van der Waals surface area contributed by atoms with Crippen molar-refractivity contribution in [1.29, 1.82) is 0 Å². The molecule has 1 fully saturated rings. The van der Waals surface area contributed by atoms with Gasteiger partial charge < -0.3 is 10.1 Å². The number of carbonyl (C=O) groups is 3. The van der Waals surface area contributed by atoms with Crippen molar-refractivity contribution in [2.24, 2.45) is 5.92 Å². The number of thioether (sulfide) groups is 1. The lowest BCUT2D eigenvalue weighted by atomic mass is 9.83. The van der Waals surface area contributed by atoms with Crippen molar-refractivity contribution in [3.63, 3.8) is 0 Å². The number of methoxy groups -OCH3 is 1. The van der Waals surface area contributed by atoms with Crippen molar-refractivity contribution in [3.05, 3.63) is 117 Å². The Bertz CT molecular complexity index is 2000. The van der Waals surface area contributed by atoms with Gasteiger partial charge in [-0.05, 0) is 53.4 Å². The van der Waals surface area contributed by atoms with Crippen LogP contribution in [-0.4, -0.2) is 34.6 Å². The van der Waals surface area contributed by atoms with Gasteiger partial charge in [0.25, 0.3) is 0 Å². The molecular weight excluding hydrogens is 602 g/mol. The Hall–Kier alpha value is -4.74. The molecule has 3 atom stereocenters. The third-order valence-corrected chi connectivity index (χ3v) is 10.6. The molecule has 8 nitrogen and oxygen atoms in total. The van der Waals surface area contributed by atoms with Crippen molar-refractivity contribution in [2.75, 3.05) is 17.3 Å². The summed E-state index contributed by atoms with van der Waals surface area (Å²) in [6.07, 6.45) is 0. The highest BCUT2D eigenvalue weighted by molar-refractivity contribution is 8.00. The molecule has 5 aromatic rings. The zero-order valence-corrected chi connectivity index (χ0v) is 24.9. The van der Waals surface area contributed by atoms with Crippen molar-refractivity contribution >= 4 is 63.0 Å². The number of nitrogens with one attached hydrogen (secondary N) is 1. The molecule has 44 heavy (non-hydrogen) atoms. The first-order valence-electron chi connectivity index (χ1n) is 13.8. The third kappa shape index (κ3) is 4.68. The molecule has 11 heteroatoms. The van der Waals surface area contributed by atoms with E-state index in [0.29, 0.717) is 21.3 Å². The topological polar surface area (TPSA) is 97.7 Å². The Kier molecular flexibility index (Phi) is 7.06. The van der Waals surface area contributed by atoms with E-state index in [1.165, 1.54) is 28.8 Å². The van der Waals surface area contributed by atoms with Crippen LogP contribution in [0.15, 0.2) is 101 Å². The zero-order valence-electron chi connectivity index (χ0n) is 23.2. The van der Waals surface area contributed by atoms with Crippen LogP contribution in [0, 0.1) is 11.7 Å². The predicted molar refractivity (Wildman–Crippen MR) is 168 cm³/mol. The summed E-state index contributed by atoms with van der Waals surface area (Å²) in [4.78, 5) is 55.9. The highest BCUT2D eigenvalue weighted by atomic mass is 32.2. The summed E-state index contributed by atoms with van der Waals surface area (Å²) >= 11 is 2.10. The molecule has 0 saturated carbocycles. The Labute approximate surface area is 259 Å². The average molecular weight is 626 g/mol. The van der Waals surface area contributed by atoms with Crippen molar-refractivity contribution in [3.8, 4) is 5.75 Å². The van der Waals surface area contributed by atoms with Crippen LogP contribution in [0.4, 0.5) is 15.8 Å². The number of hydrogen-bond donors (Lipinski definition) is 1. The fourth-order valence-electron chi connectivity index (χ4n) is 5.94. The monoisotopic (exact) mass is 625 g/mol. The molecule has 0 aliphatic carbocycles. The second-order valence-corrected chi connectivity index (χ2v) is 12.6. The molecule has 3 amide bonds. The van der Waals surface area contributed by atoms with E-state index in [9.17, 15) is 23.6 Å². The number of anilines is 2. The minimum absolute atomic E-state index is 0.266. The molecule has 1 aromatic heterocycles. The summed E-state index contributed by atoms with van der Waals surface area (Å²) in [6.45, 7) is -0.266. The number of rotatable bonds is 6. The van der Waals surface area contributed by atoms with E-state index in [1.807, 2.05) is 48.5 Å². The van der Waals surface area contributed by atoms with Crippen LogP contribution in [0.1, 0.15) is 16.4 Å². The lowest BCUT2D eigenvalue weighted by Crippen LogP contribution is -2.33. The molecule has 2 aliphatic heterocycles. The van der Waals surface area contributed by atoms with E-state index in [4.69, 9.17) is 4.74 Å². The van der Waals surface area contributed by atoms with Crippen LogP contribution >= 0.6 is 23.1 Å². The van der Waals surface area contributed by atoms with Gasteiger partial charge >= 0.3 is 4.87 Å². The number of thiazole rings is 1. The van der Waals surface area contributed by atoms with Crippen molar-refractivity contribution in [1.82, 2.24) is 4.57 Å². The molecular formula is C33H24FN3O5S2. The smallest absolute Gasteiger partial charge is 0.308 e. The molecule has 1 saturated heterocycles. The number of imide groups is 1. The van der Waals surface area contributed by atoms with Gasteiger partial charge in [0.15, 0.2) is 0 Å². The standard InChI is InChI=1S/C33H24FN3O5S2/c1-42-22-15-9-19(10-16-22)26-27-28(31(40)37(30(27)39)21-13-11-20(34)12-14-21)43-32-29(26)44-33(41)36(32)17-25(38)35-24-8-4-6-18-5-2-3-7-23(18)24/h2-16,26-28H,17H2,1H3,(H,35,38)/t26-,27?,28?/m1/s1. The summed E-state index contributed by atoms with van der Waals surface area (Å²) in [7, 11) is 1.55. The maximum atomic E-state index is 14.0. The molecule has 2 unspecified atom stereocenters. The first-order chi connectivity index (χ1) is 21.3. The second kappa shape index (κ2) is 11.1. The predicted octanol–water partition coefficient (Wildman–Crippen LogP) is 5.65. The summed E-state index contributed by atoms with van der Waals surface area (Å²) in [6, 6.07) is 25.7. The lowest BCUT2D eigenvalue weighted by Gasteiger charge is -2.30. The number of ether oxygens (including phenoxy) is 1. The normalized spacial score (nSPS) is 19.1. The molecule has 3 heterocycles. The Morgan fingerprint density at radius 2 is 1.64 bits per heavy atom. The summed E-state index contributed by atoms with van der Waals surface area (Å²) in [5.41, 5.74) is 1.64. The van der Waals surface area contributed by atoms with Crippen molar-refractivity contribution in [2.45, 2.75) is 22.7 Å². The third-order valence-electron chi connectivity index (χ3n) is 7.97. The van der Waals surface area contributed by atoms with Crippen LogP contribution < -0.4 is 19.8 Å². The highest BCUT2D eigenvalue weighted by Crippen LogP contribution is 2.54. The van der Waals surface area contributed by atoms with Gasteiger partial charge in [0, 0.05) is 21.9 Å². The highest BCUT2D eigenvalue weighted by Gasteiger charge is 2.56. The van der Waals surface area contributed by atoms with Gasteiger partial charge in [0.05, 0.1) is 23.7 Å². The van der Waals surface area contributed by atoms with Crippen LogP contribution in [0.25, 0.3) is 10.8 Å². The molecule has 1 N–H and O–H groups in total. The summed E-state index contributed by atoms with van der Waals surface area (Å²) in [5.74, 6) is -2.57. The van der Waals surface area contributed by atoms with Gasteiger partial charge in [0.2, 0.25) is 17.7 Å². The minimum Gasteiger partial charge on any atom is -0.497 e. The molecule has 0 bridgehead atoms. The maximum absolute atomic E-state index is 14.0. The molecule has 220 valence electrons. The fourth-order valence-corrected chi connectivity index (χ4v) is 8.71. The molecule has 2 aliphatic rings. The lowest BCUT2D eigenvalue weighted by molar-refractivity contribution is -0.122. The van der Waals surface area contributed by atoms with E-state index in [2.05, 4.69) is 5.32 Å². The number of aromatic nitrogens is 1. The largest absolute Gasteiger partial charge is 0.497 e. The van der Waals surface area contributed by atoms with Gasteiger partial charge in [0.1, 0.15) is 23.4 Å². The number of nitrogens with zero attached hydrogens (tertiary/aromatic N) is 2. The zero-order chi connectivity index (χ0) is 30.5. The van der Waals surface area contributed by atoms with Gasteiger partial charge in [-0.25, -0.2) is 9.29 Å². The summed E-state index contributed by atoms with van der Waals surface area (Å²) < 4.78 is 20.4. The summed E-state index contributed by atoms with van der Waals surface area (Å²) in [5, 5.41) is 4.40. The maximum Gasteiger partial charge on any atom is 0.308 e. The van der Waals surface area contributed by atoms with Gasteiger partial charge in [-0.1, -0.05) is 71.6 Å². The van der Waals surface area contributed by atoms with E-state index in [1.54, 1.807) is 25.3 Å². The molecule has 7 rings (SSSR count). The number of amides is 3. The minimum atomic E-state index is -0.853. The van der Waals surface area contributed by atoms with Crippen molar-refractivity contribution < 1.29 is 23.5 Å². The molecule has 4 aromatic carbocycles. The Morgan fingerprint density at radius 1 is 0.909 bits per heavy atom. The fraction of sp³-hybridized carbons (Fsp3) is 0.152. The second-order valence-electron chi connectivity index (χ2n) is 10.5. The SMILES string of the molecule is COc1ccc([C@H]2c3sc(=O)n(CC(=O)Nc4cccc5ccccc45)c3SC3C(=O)N(c4ccc(F)cc4)C(=O)C32)cc1. The van der Waals surface area contributed by atoms with E-state index in [-0.39, 0.29) is 17.1 Å². The first-order valence-corrected chi connectivity index (χ1v) is 15.5. The average Bonchev–Trinajstić information content (AvgIpc) is 3.48. The first kappa shape index (κ1) is 28.1. The molecule has 0 spiro atoms. The number of benzene rings is 4. The van der Waals surface area contributed by atoms with Crippen LogP contribution in [-0.2, 0) is 20.9 Å². The number of halogens is 1. The number of hydrogen-bond acceptors (Lipinski definition) is 7. The Balaban J connectivity index is 1.28. The Morgan fingerprint density at radius 3 is 2.39 bits per heavy atom. The van der Waals surface area contributed by atoms with Crippen LogP contribution in [0.2, 0.25) is 0 Å². The quantitative estimate of drug-likeness (QED) is 0.245. The number of carbonyl (C=O) groups excluding carboxylic acids is 3. The van der Waals surface area contributed by atoms with Crippen LogP contribution in [0.3, 0.4) is 0 Å². The van der Waals surface area contributed by atoms with Crippen LogP contribution in [0.5, 0.6) is 5.75 Å². The van der Waals surface area contributed by atoms with Gasteiger partial charge in [-0.2, -0.15) is 0 Å². The van der Waals surface area contributed by atoms with E-state index in [0.717, 1.165) is 44.3 Å². The number of fused-ring (bicyclic) bond motifs is 3. The molecule has 0 radical (unpaired) electrons. The van der Waals surface area contributed by atoms with E-state index >= 15 is 0 Å². The van der Waals surface area contributed by atoms with Gasteiger partial charge in [-0.3, -0.25) is 23.7 Å². The van der Waals surface area contributed by atoms with E-state index < -0.39 is 40.6 Å². The van der Waals surface area contributed by atoms with Gasteiger partial charge in [-0.15, -0.1) is 0 Å².